The molecule has 2 atom stereocenters. The number of nitrogens with one attached hydrogen (secondary N) is 1. The summed E-state index contributed by atoms with van der Waals surface area (Å²) in [5, 5.41) is 4.08. The number of hydrogen-bond acceptors (Lipinski definition) is 2. The van der Waals surface area contributed by atoms with Gasteiger partial charge >= 0.3 is 0 Å². The standard InChI is InChI=1S/C26H24N2O/c29-26(28-27-18-10-13-20-11-4-1-5-12-20)24-19-23(24)25(21-14-6-2-7-15-21)22-16-8-3-9-17-22/h1-18,23-25H,19H2,(H,28,29). The molecule has 3 nitrogen and oxygen atoms in total. The Labute approximate surface area is 171 Å². The Morgan fingerprint density at radius 1 is 0.862 bits per heavy atom. The second kappa shape index (κ2) is 9.16. The maximum Gasteiger partial charge on any atom is 0.243 e. The molecule has 1 aliphatic rings. The molecule has 0 aliphatic heterocycles. The lowest BCUT2D eigenvalue weighted by molar-refractivity contribution is -0.122. The van der Waals surface area contributed by atoms with Gasteiger partial charge in [-0.15, -0.1) is 0 Å². The van der Waals surface area contributed by atoms with Crippen LogP contribution >= 0.6 is 0 Å². The minimum atomic E-state index is -0.00401. The van der Waals surface area contributed by atoms with Gasteiger partial charge in [0.05, 0.1) is 0 Å². The third-order valence-electron chi connectivity index (χ3n) is 5.35. The van der Waals surface area contributed by atoms with Crippen LogP contribution in [0.5, 0.6) is 0 Å². The van der Waals surface area contributed by atoms with Crippen molar-refractivity contribution in [3.63, 3.8) is 0 Å². The third kappa shape index (κ3) is 4.88. The summed E-state index contributed by atoms with van der Waals surface area (Å²) < 4.78 is 0. The largest absolute Gasteiger partial charge is 0.273 e. The van der Waals surface area contributed by atoms with Crippen molar-refractivity contribution in [2.75, 3.05) is 0 Å². The number of hydrazone groups is 1. The number of carbonyl (C=O) groups is 1. The Bertz CT molecular complexity index is 941. The Kier molecular flexibility index (Phi) is 5.96. The normalized spacial score (nSPS) is 18.4. The van der Waals surface area contributed by atoms with E-state index in [9.17, 15) is 4.79 Å². The van der Waals surface area contributed by atoms with Crippen molar-refractivity contribution in [1.82, 2.24) is 5.43 Å². The van der Waals surface area contributed by atoms with Gasteiger partial charge in [-0.05, 0) is 35.1 Å². The highest BCUT2D eigenvalue weighted by Crippen LogP contribution is 2.51. The smallest absolute Gasteiger partial charge is 0.243 e. The van der Waals surface area contributed by atoms with Crippen LogP contribution < -0.4 is 5.43 Å². The highest BCUT2D eigenvalue weighted by atomic mass is 16.2. The quantitative estimate of drug-likeness (QED) is 0.440. The van der Waals surface area contributed by atoms with Crippen LogP contribution in [0.4, 0.5) is 0 Å². The lowest BCUT2D eigenvalue weighted by atomic mass is 9.86. The molecule has 3 aromatic carbocycles. The van der Waals surface area contributed by atoms with Crippen LogP contribution in [0.15, 0.2) is 102 Å². The molecular weight excluding hydrogens is 356 g/mol. The Hall–Kier alpha value is -3.46. The van der Waals surface area contributed by atoms with Gasteiger partial charge in [-0.3, -0.25) is 4.79 Å². The average Bonchev–Trinajstić information content (AvgIpc) is 3.56. The molecule has 1 N–H and O–H groups in total. The first kappa shape index (κ1) is 18.9. The summed E-state index contributed by atoms with van der Waals surface area (Å²) in [7, 11) is 0. The van der Waals surface area contributed by atoms with E-state index in [1.807, 2.05) is 54.6 Å². The predicted molar refractivity (Wildman–Crippen MR) is 118 cm³/mol. The molecule has 0 radical (unpaired) electrons. The number of allylic oxidation sites excluding steroid dienone is 1. The number of hydrogen-bond donors (Lipinski definition) is 1. The van der Waals surface area contributed by atoms with Gasteiger partial charge in [0.2, 0.25) is 5.91 Å². The van der Waals surface area contributed by atoms with Crippen molar-refractivity contribution in [2.45, 2.75) is 12.3 Å². The van der Waals surface area contributed by atoms with Crippen LogP contribution in [0, 0.1) is 11.8 Å². The highest BCUT2D eigenvalue weighted by molar-refractivity contribution is 5.84. The first-order valence-corrected chi connectivity index (χ1v) is 9.97. The Morgan fingerprint density at radius 3 is 2.00 bits per heavy atom. The molecule has 3 heteroatoms. The van der Waals surface area contributed by atoms with E-state index in [-0.39, 0.29) is 17.7 Å². The monoisotopic (exact) mass is 380 g/mol. The Balaban J connectivity index is 1.38. The number of nitrogens with zero attached hydrogens (tertiary/aromatic N) is 1. The maximum absolute atomic E-state index is 12.6. The molecule has 2 unspecified atom stereocenters. The number of amides is 1. The topological polar surface area (TPSA) is 41.5 Å². The molecule has 0 aromatic heterocycles. The van der Waals surface area contributed by atoms with Crippen molar-refractivity contribution < 1.29 is 4.79 Å². The minimum Gasteiger partial charge on any atom is -0.273 e. The molecule has 0 saturated heterocycles. The van der Waals surface area contributed by atoms with Gasteiger partial charge in [-0.1, -0.05) is 97.1 Å². The zero-order chi connectivity index (χ0) is 19.9. The zero-order valence-corrected chi connectivity index (χ0v) is 16.2. The second-order valence-corrected chi connectivity index (χ2v) is 7.33. The van der Waals surface area contributed by atoms with Gasteiger partial charge in [0, 0.05) is 18.1 Å². The van der Waals surface area contributed by atoms with Crippen LogP contribution in [0.3, 0.4) is 0 Å². The molecule has 0 spiro atoms. The van der Waals surface area contributed by atoms with Crippen LogP contribution in [0.2, 0.25) is 0 Å². The molecule has 1 saturated carbocycles. The second-order valence-electron chi connectivity index (χ2n) is 7.33. The summed E-state index contributed by atoms with van der Waals surface area (Å²) >= 11 is 0. The van der Waals surface area contributed by atoms with E-state index in [1.54, 1.807) is 6.21 Å². The maximum atomic E-state index is 12.6. The van der Waals surface area contributed by atoms with Gasteiger partial charge in [0.1, 0.15) is 0 Å². The van der Waals surface area contributed by atoms with E-state index in [1.165, 1.54) is 11.1 Å². The fourth-order valence-electron chi connectivity index (χ4n) is 3.84. The fourth-order valence-corrected chi connectivity index (χ4v) is 3.84. The number of carbonyl (C=O) groups excluding carboxylic acids is 1. The van der Waals surface area contributed by atoms with E-state index in [4.69, 9.17) is 0 Å². The zero-order valence-electron chi connectivity index (χ0n) is 16.2. The molecule has 1 aliphatic carbocycles. The molecule has 3 aromatic rings. The van der Waals surface area contributed by atoms with E-state index >= 15 is 0 Å². The van der Waals surface area contributed by atoms with Crippen LogP contribution in [0.1, 0.15) is 29.0 Å². The van der Waals surface area contributed by atoms with Gasteiger partial charge < -0.3 is 0 Å². The molecule has 1 fully saturated rings. The van der Waals surface area contributed by atoms with Gasteiger partial charge in [-0.25, -0.2) is 5.43 Å². The van der Waals surface area contributed by atoms with E-state index in [0.29, 0.717) is 5.92 Å². The van der Waals surface area contributed by atoms with Gasteiger partial charge in [0.25, 0.3) is 0 Å². The van der Waals surface area contributed by atoms with Crippen molar-refractivity contribution in [3.8, 4) is 0 Å². The summed E-state index contributed by atoms with van der Waals surface area (Å²) in [4.78, 5) is 12.6. The number of benzene rings is 3. The molecular formula is C26H24N2O. The SMILES string of the molecule is O=C(NN=CC=Cc1ccccc1)C1CC1C(c1ccccc1)c1ccccc1. The molecule has 4 rings (SSSR count). The summed E-state index contributed by atoms with van der Waals surface area (Å²) in [6.45, 7) is 0. The lowest BCUT2D eigenvalue weighted by Gasteiger charge is -2.18. The lowest BCUT2D eigenvalue weighted by Crippen LogP contribution is -2.21. The molecule has 29 heavy (non-hydrogen) atoms. The fraction of sp³-hybridized carbons (Fsp3) is 0.154. The third-order valence-corrected chi connectivity index (χ3v) is 5.35. The van der Waals surface area contributed by atoms with E-state index in [0.717, 1.165) is 12.0 Å². The van der Waals surface area contributed by atoms with E-state index < -0.39 is 0 Å². The van der Waals surface area contributed by atoms with Gasteiger partial charge in [-0.2, -0.15) is 5.10 Å². The van der Waals surface area contributed by atoms with E-state index in [2.05, 4.69) is 59.1 Å². The minimum absolute atomic E-state index is 0.00350. The van der Waals surface area contributed by atoms with Crippen molar-refractivity contribution in [2.24, 2.45) is 16.9 Å². The average molecular weight is 380 g/mol. The molecule has 144 valence electrons. The van der Waals surface area contributed by atoms with Crippen LogP contribution in [-0.2, 0) is 4.79 Å². The van der Waals surface area contributed by atoms with Crippen molar-refractivity contribution in [3.05, 3.63) is 114 Å². The van der Waals surface area contributed by atoms with Gasteiger partial charge in [0.15, 0.2) is 0 Å². The summed E-state index contributed by atoms with van der Waals surface area (Å²) in [6, 6.07) is 30.9. The number of rotatable bonds is 7. The molecule has 1 amide bonds. The van der Waals surface area contributed by atoms with Crippen molar-refractivity contribution >= 4 is 18.2 Å². The first-order chi connectivity index (χ1) is 14.3. The first-order valence-electron chi connectivity index (χ1n) is 9.97. The van der Waals surface area contributed by atoms with Crippen LogP contribution in [0.25, 0.3) is 6.08 Å². The summed E-state index contributed by atoms with van der Waals surface area (Å²) in [6.07, 6.45) is 6.29. The van der Waals surface area contributed by atoms with Crippen molar-refractivity contribution in [1.29, 1.82) is 0 Å². The molecule has 0 heterocycles. The summed E-state index contributed by atoms with van der Waals surface area (Å²) in [5.41, 5.74) is 6.31. The highest BCUT2D eigenvalue weighted by Gasteiger charge is 2.48. The van der Waals surface area contributed by atoms with Crippen LogP contribution in [-0.4, -0.2) is 12.1 Å². The predicted octanol–water partition coefficient (Wildman–Crippen LogP) is 5.27. The Morgan fingerprint density at radius 2 is 1.41 bits per heavy atom. The summed E-state index contributed by atoms with van der Waals surface area (Å²) in [5.74, 6) is 0.525. The molecule has 0 bridgehead atoms.